The summed E-state index contributed by atoms with van der Waals surface area (Å²) in [4.78, 5) is 21.9. The number of rotatable bonds is 4. The molecular formula is C11H13ClN2O5. The van der Waals surface area contributed by atoms with Crippen molar-refractivity contribution in [2.24, 2.45) is 0 Å². The maximum Gasteiger partial charge on any atom is 0.431 e. The number of benzene rings is 1. The van der Waals surface area contributed by atoms with E-state index in [9.17, 15) is 9.59 Å². The Morgan fingerprint density at radius 3 is 2.79 bits per heavy atom. The topological polar surface area (TPSA) is 96.9 Å². The van der Waals surface area contributed by atoms with Crippen LogP contribution in [0.2, 0.25) is 5.02 Å². The van der Waals surface area contributed by atoms with Crippen LogP contribution >= 0.6 is 11.6 Å². The first-order chi connectivity index (χ1) is 9.02. The smallest absolute Gasteiger partial charge is 0.431 e. The summed E-state index contributed by atoms with van der Waals surface area (Å²) in [6.45, 7) is 1.77. The number of hydroxylamine groups is 1. The minimum atomic E-state index is -1.00. The fourth-order valence-corrected chi connectivity index (χ4v) is 1.31. The van der Waals surface area contributed by atoms with Gasteiger partial charge in [0.25, 0.3) is 0 Å². The van der Waals surface area contributed by atoms with E-state index < -0.39 is 12.2 Å². The van der Waals surface area contributed by atoms with Gasteiger partial charge in [0.2, 0.25) is 0 Å². The molecule has 0 bridgehead atoms. The molecule has 0 saturated carbocycles. The highest BCUT2D eigenvalue weighted by atomic mass is 35.5. The summed E-state index contributed by atoms with van der Waals surface area (Å²) in [7, 11) is 0. The van der Waals surface area contributed by atoms with Crippen molar-refractivity contribution in [2.75, 3.05) is 13.2 Å². The average molecular weight is 289 g/mol. The molecule has 7 nitrogen and oxygen atoms in total. The minimum absolute atomic E-state index is 0.0374. The molecule has 0 fully saturated rings. The highest BCUT2D eigenvalue weighted by Gasteiger charge is 2.08. The Hall–Kier alpha value is -1.99. The van der Waals surface area contributed by atoms with Gasteiger partial charge >= 0.3 is 12.2 Å². The molecule has 2 amide bonds. The first-order valence-electron chi connectivity index (χ1n) is 5.31. The first-order valence-corrected chi connectivity index (χ1v) is 5.69. The van der Waals surface area contributed by atoms with Gasteiger partial charge in [0.05, 0.1) is 11.6 Å². The fourth-order valence-electron chi connectivity index (χ4n) is 1.15. The summed E-state index contributed by atoms with van der Waals surface area (Å²) in [5.74, 6) is 0.244. The zero-order valence-corrected chi connectivity index (χ0v) is 10.9. The summed E-state index contributed by atoms with van der Waals surface area (Å²) in [5, 5.41) is 10.8. The zero-order valence-electron chi connectivity index (χ0n) is 10.1. The van der Waals surface area contributed by atoms with Gasteiger partial charge in [-0.1, -0.05) is 17.7 Å². The van der Waals surface area contributed by atoms with Crippen LogP contribution in [0.1, 0.15) is 5.56 Å². The molecule has 0 saturated heterocycles. The van der Waals surface area contributed by atoms with Crippen molar-refractivity contribution in [3.63, 3.8) is 0 Å². The molecular weight excluding hydrogens is 276 g/mol. The SMILES string of the molecule is Cc1ccc(Cl)c(OC(=O)NCCOC(=O)NO)c1. The molecule has 3 N–H and O–H groups in total. The molecule has 1 aromatic rings. The van der Waals surface area contributed by atoms with E-state index in [4.69, 9.17) is 21.5 Å². The van der Waals surface area contributed by atoms with Gasteiger partial charge in [-0.3, -0.25) is 5.21 Å². The van der Waals surface area contributed by atoms with Gasteiger partial charge < -0.3 is 14.8 Å². The van der Waals surface area contributed by atoms with Gasteiger partial charge in [-0.15, -0.1) is 0 Å². The second-order valence-corrected chi connectivity index (χ2v) is 3.91. The molecule has 0 radical (unpaired) electrons. The van der Waals surface area contributed by atoms with Gasteiger partial charge in [-0.25, -0.2) is 15.1 Å². The Morgan fingerprint density at radius 1 is 1.37 bits per heavy atom. The van der Waals surface area contributed by atoms with E-state index in [-0.39, 0.29) is 18.9 Å². The summed E-state index contributed by atoms with van der Waals surface area (Å²) in [5.41, 5.74) is 2.18. The van der Waals surface area contributed by atoms with Crippen molar-refractivity contribution in [1.82, 2.24) is 10.8 Å². The largest absolute Gasteiger partial charge is 0.446 e. The van der Waals surface area contributed by atoms with Crippen molar-refractivity contribution >= 4 is 23.8 Å². The molecule has 19 heavy (non-hydrogen) atoms. The van der Waals surface area contributed by atoms with Crippen LogP contribution in [0.5, 0.6) is 5.75 Å². The zero-order chi connectivity index (χ0) is 14.3. The summed E-state index contributed by atoms with van der Waals surface area (Å²) in [6.07, 6.45) is -1.72. The molecule has 0 aliphatic carbocycles. The lowest BCUT2D eigenvalue weighted by molar-refractivity contribution is 0.0895. The molecule has 0 spiro atoms. The minimum Gasteiger partial charge on any atom is -0.446 e. The second-order valence-electron chi connectivity index (χ2n) is 3.50. The van der Waals surface area contributed by atoms with E-state index >= 15 is 0 Å². The van der Waals surface area contributed by atoms with E-state index in [1.54, 1.807) is 18.2 Å². The van der Waals surface area contributed by atoms with E-state index in [0.29, 0.717) is 5.02 Å². The van der Waals surface area contributed by atoms with E-state index in [1.807, 2.05) is 6.92 Å². The van der Waals surface area contributed by atoms with Crippen LogP contribution in [0.15, 0.2) is 18.2 Å². The van der Waals surface area contributed by atoms with Crippen LogP contribution in [-0.2, 0) is 4.74 Å². The number of aryl methyl sites for hydroxylation is 1. The van der Waals surface area contributed by atoms with Crippen LogP contribution in [0.4, 0.5) is 9.59 Å². The monoisotopic (exact) mass is 288 g/mol. The number of ether oxygens (including phenoxy) is 2. The standard InChI is InChI=1S/C11H13ClN2O5/c1-7-2-3-8(12)9(6-7)19-10(15)13-4-5-18-11(16)14-17/h2-3,6,17H,4-5H2,1H3,(H,13,15)(H,14,16). The lowest BCUT2D eigenvalue weighted by atomic mass is 10.2. The Balaban J connectivity index is 2.35. The van der Waals surface area contributed by atoms with Crippen molar-refractivity contribution in [3.05, 3.63) is 28.8 Å². The third-order valence-electron chi connectivity index (χ3n) is 1.99. The van der Waals surface area contributed by atoms with E-state index in [0.717, 1.165) is 5.56 Å². The summed E-state index contributed by atoms with van der Waals surface area (Å²) in [6, 6.07) is 5.03. The quantitative estimate of drug-likeness (QED) is 0.446. The maximum absolute atomic E-state index is 11.4. The predicted octanol–water partition coefficient (Wildman–Crippen LogP) is 1.85. The molecule has 104 valence electrons. The predicted molar refractivity (Wildman–Crippen MR) is 66.5 cm³/mol. The van der Waals surface area contributed by atoms with E-state index in [2.05, 4.69) is 10.1 Å². The molecule has 1 rings (SSSR count). The first kappa shape index (κ1) is 15.1. The molecule has 0 heterocycles. The van der Waals surface area contributed by atoms with E-state index in [1.165, 1.54) is 5.48 Å². The van der Waals surface area contributed by atoms with Crippen LogP contribution in [0.25, 0.3) is 0 Å². The van der Waals surface area contributed by atoms with Crippen LogP contribution in [0.3, 0.4) is 0 Å². The van der Waals surface area contributed by atoms with Crippen molar-refractivity contribution in [3.8, 4) is 5.75 Å². The highest BCUT2D eigenvalue weighted by Crippen LogP contribution is 2.25. The van der Waals surface area contributed by atoms with Gasteiger partial charge in [0, 0.05) is 0 Å². The number of nitrogens with one attached hydrogen (secondary N) is 2. The Labute approximate surface area is 114 Å². The van der Waals surface area contributed by atoms with Gasteiger partial charge in [0.1, 0.15) is 6.61 Å². The molecule has 1 aromatic carbocycles. The molecule has 0 unspecified atom stereocenters. The van der Waals surface area contributed by atoms with Crippen molar-refractivity contribution in [1.29, 1.82) is 0 Å². The van der Waals surface area contributed by atoms with Gasteiger partial charge in [-0.05, 0) is 24.6 Å². The molecule has 8 heteroatoms. The molecule has 0 aromatic heterocycles. The molecule has 0 atom stereocenters. The summed E-state index contributed by atoms with van der Waals surface area (Å²) < 4.78 is 9.41. The van der Waals surface area contributed by atoms with Crippen molar-refractivity contribution < 1.29 is 24.3 Å². The Morgan fingerprint density at radius 2 is 2.11 bits per heavy atom. The third-order valence-corrected chi connectivity index (χ3v) is 2.30. The number of carbonyl (C=O) groups is 2. The maximum atomic E-state index is 11.4. The molecule has 0 aliphatic rings. The lowest BCUT2D eigenvalue weighted by Gasteiger charge is -2.08. The number of hydrogen-bond acceptors (Lipinski definition) is 5. The second kappa shape index (κ2) is 7.45. The fraction of sp³-hybridized carbons (Fsp3) is 0.273. The number of carbonyl (C=O) groups excluding carboxylic acids is 2. The molecule has 0 aliphatic heterocycles. The third kappa shape index (κ3) is 5.45. The lowest BCUT2D eigenvalue weighted by Crippen LogP contribution is -2.32. The Kier molecular flexibility index (Phi) is 5.91. The highest BCUT2D eigenvalue weighted by molar-refractivity contribution is 6.32. The van der Waals surface area contributed by atoms with Crippen LogP contribution < -0.4 is 15.5 Å². The number of amides is 2. The van der Waals surface area contributed by atoms with Crippen LogP contribution in [0, 0.1) is 6.92 Å². The van der Waals surface area contributed by atoms with Crippen molar-refractivity contribution in [2.45, 2.75) is 6.92 Å². The van der Waals surface area contributed by atoms with Gasteiger partial charge in [0.15, 0.2) is 5.75 Å². The van der Waals surface area contributed by atoms with Gasteiger partial charge in [-0.2, -0.15) is 0 Å². The Bertz CT molecular complexity index is 466. The summed E-state index contributed by atoms with van der Waals surface area (Å²) >= 11 is 5.85. The average Bonchev–Trinajstić information content (AvgIpc) is 2.38. The normalized spacial score (nSPS) is 9.63. The van der Waals surface area contributed by atoms with Crippen LogP contribution in [-0.4, -0.2) is 30.5 Å². The number of halogens is 1. The number of hydrogen-bond donors (Lipinski definition) is 3.